The molecule has 0 aliphatic heterocycles. The number of aromatic nitrogens is 2. The van der Waals surface area contributed by atoms with Gasteiger partial charge in [-0.2, -0.15) is 5.10 Å². The number of nitrogens with one attached hydrogen (secondary N) is 1. The standard InChI is InChI=1S/C18H25N3O/c1-3-4-6-11-17(16-9-7-5-8-10-16)20-18(22)12-15-13-19-21(2)14-15/h5,7-10,13-14,17H,3-4,6,11-12H2,1-2H3,(H,20,22). The van der Waals surface area contributed by atoms with E-state index in [0.717, 1.165) is 18.4 Å². The Morgan fingerprint density at radius 3 is 2.68 bits per heavy atom. The largest absolute Gasteiger partial charge is 0.349 e. The van der Waals surface area contributed by atoms with Gasteiger partial charge in [0.1, 0.15) is 0 Å². The number of unbranched alkanes of at least 4 members (excludes halogenated alkanes) is 2. The molecule has 4 nitrogen and oxygen atoms in total. The van der Waals surface area contributed by atoms with Crippen LogP contribution < -0.4 is 5.32 Å². The maximum atomic E-state index is 12.3. The summed E-state index contributed by atoms with van der Waals surface area (Å²) in [5, 5.41) is 7.28. The third kappa shape index (κ3) is 5.02. The van der Waals surface area contributed by atoms with Gasteiger partial charge in [-0.25, -0.2) is 0 Å². The summed E-state index contributed by atoms with van der Waals surface area (Å²) in [7, 11) is 1.86. The molecule has 22 heavy (non-hydrogen) atoms. The summed E-state index contributed by atoms with van der Waals surface area (Å²) in [5.74, 6) is 0.0540. The third-order valence-corrected chi connectivity index (χ3v) is 3.76. The summed E-state index contributed by atoms with van der Waals surface area (Å²) in [6, 6.07) is 10.3. The first kappa shape index (κ1) is 16.3. The van der Waals surface area contributed by atoms with Gasteiger partial charge < -0.3 is 5.32 Å². The highest BCUT2D eigenvalue weighted by molar-refractivity contribution is 5.78. The van der Waals surface area contributed by atoms with Gasteiger partial charge in [-0.15, -0.1) is 0 Å². The van der Waals surface area contributed by atoms with E-state index in [2.05, 4.69) is 29.5 Å². The molecule has 0 saturated carbocycles. The summed E-state index contributed by atoms with van der Waals surface area (Å²) < 4.78 is 1.72. The fourth-order valence-corrected chi connectivity index (χ4v) is 2.60. The minimum atomic E-state index is 0.0540. The minimum absolute atomic E-state index is 0.0540. The molecular formula is C18H25N3O. The Hall–Kier alpha value is -2.10. The second kappa shape index (κ2) is 8.37. The first-order valence-corrected chi connectivity index (χ1v) is 8.01. The highest BCUT2D eigenvalue weighted by Crippen LogP contribution is 2.20. The molecule has 1 unspecified atom stereocenters. The average Bonchev–Trinajstić information content (AvgIpc) is 2.92. The van der Waals surface area contributed by atoms with Crippen LogP contribution in [0.5, 0.6) is 0 Å². The zero-order chi connectivity index (χ0) is 15.8. The van der Waals surface area contributed by atoms with Crippen LogP contribution in [-0.2, 0) is 18.3 Å². The second-order valence-corrected chi connectivity index (χ2v) is 5.73. The molecular weight excluding hydrogens is 274 g/mol. The number of rotatable bonds is 8. The molecule has 1 heterocycles. The maximum Gasteiger partial charge on any atom is 0.225 e. The molecule has 2 rings (SSSR count). The Bertz CT molecular complexity index is 577. The molecule has 0 saturated heterocycles. The normalized spacial score (nSPS) is 12.1. The van der Waals surface area contributed by atoms with Crippen molar-refractivity contribution in [3.63, 3.8) is 0 Å². The van der Waals surface area contributed by atoms with E-state index in [9.17, 15) is 4.79 Å². The number of hydrogen-bond acceptors (Lipinski definition) is 2. The number of aryl methyl sites for hydroxylation is 1. The van der Waals surface area contributed by atoms with E-state index in [1.165, 1.54) is 18.4 Å². The molecule has 1 aromatic heterocycles. The number of nitrogens with zero attached hydrogens (tertiary/aromatic N) is 2. The molecule has 0 bridgehead atoms. The summed E-state index contributed by atoms with van der Waals surface area (Å²) in [6.07, 6.45) is 8.50. The summed E-state index contributed by atoms with van der Waals surface area (Å²) in [5.41, 5.74) is 2.12. The fourth-order valence-electron chi connectivity index (χ4n) is 2.60. The second-order valence-electron chi connectivity index (χ2n) is 5.73. The Balaban J connectivity index is 1.97. The number of carbonyl (C=O) groups excluding carboxylic acids is 1. The van der Waals surface area contributed by atoms with Crippen molar-refractivity contribution in [2.24, 2.45) is 7.05 Å². The molecule has 0 aliphatic rings. The molecule has 1 aromatic carbocycles. The number of carbonyl (C=O) groups is 1. The Kier molecular flexibility index (Phi) is 6.19. The van der Waals surface area contributed by atoms with E-state index in [-0.39, 0.29) is 11.9 Å². The third-order valence-electron chi connectivity index (χ3n) is 3.76. The van der Waals surface area contributed by atoms with Crippen LogP contribution in [0.4, 0.5) is 0 Å². The van der Waals surface area contributed by atoms with E-state index in [0.29, 0.717) is 6.42 Å². The van der Waals surface area contributed by atoms with E-state index < -0.39 is 0 Å². The van der Waals surface area contributed by atoms with Gasteiger partial charge in [0.2, 0.25) is 5.91 Å². The van der Waals surface area contributed by atoms with Gasteiger partial charge in [0, 0.05) is 13.2 Å². The summed E-state index contributed by atoms with van der Waals surface area (Å²) >= 11 is 0. The Labute approximate surface area is 132 Å². The van der Waals surface area contributed by atoms with Crippen LogP contribution in [0.25, 0.3) is 0 Å². The van der Waals surface area contributed by atoms with E-state index in [1.807, 2.05) is 31.4 Å². The van der Waals surface area contributed by atoms with Gasteiger partial charge in [-0.05, 0) is 17.5 Å². The van der Waals surface area contributed by atoms with E-state index in [4.69, 9.17) is 0 Å². The molecule has 2 aromatic rings. The minimum Gasteiger partial charge on any atom is -0.349 e. The first-order valence-electron chi connectivity index (χ1n) is 8.01. The average molecular weight is 299 g/mol. The number of amides is 1. The van der Waals surface area contributed by atoms with Crippen LogP contribution >= 0.6 is 0 Å². The first-order chi connectivity index (χ1) is 10.7. The summed E-state index contributed by atoms with van der Waals surface area (Å²) in [6.45, 7) is 2.19. The molecule has 118 valence electrons. The zero-order valence-electron chi connectivity index (χ0n) is 13.5. The lowest BCUT2D eigenvalue weighted by Crippen LogP contribution is -2.29. The van der Waals surface area contributed by atoms with Crippen LogP contribution in [0, 0.1) is 0 Å². The Morgan fingerprint density at radius 2 is 2.05 bits per heavy atom. The number of hydrogen-bond donors (Lipinski definition) is 1. The van der Waals surface area contributed by atoms with Crippen LogP contribution in [0.3, 0.4) is 0 Å². The molecule has 1 N–H and O–H groups in total. The van der Waals surface area contributed by atoms with Crippen molar-refractivity contribution in [3.8, 4) is 0 Å². The number of benzene rings is 1. The fraction of sp³-hybridized carbons (Fsp3) is 0.444. The quantitative estimate of drug-likeness (QED) is 0.759. The van der Waals surface area contributed by atoms with Gasteiger partial charge in [0.25, 0.3) is 0 Å². The van der Waals surface area contributed by atoms with E-state index >= 15 is 0 Å². The highest BCUT2D eigenvalue weighted by atomic mass is 16.1. The van der Waals surface area contributed by atoms with Crippen molar-refractivity contribution < 1.29 is 4.79 Å². The molecule has 0 aliphatic carbocycles. The van der Waals surface area contributed by atoms with Crippen molar-refractivity contribution in [2.45, 2.75) is 45.1 Å². The lowest BCUT2D eigenvalue weighted by molar-refractivity contribution is -0.121. The predicted octanol–water partition coefficient (Wildman–Crippen LogP) is 3.40. The molecule has 0 spiro atoms. The lowest BCUT2D eigenvalue weighted by Gasteiger charge is -2.19. The molecule has 1 amide bonds. The molecule has 4 heteroatoms. The van der Waals surface area contributed by atoms with Crippen molar-refractivity contribution >= 4 is 5.91 Å². The molecule has 0 radical (unpaired) electrons. The van der Waals surface area contributed by atoms with Gasteiger partial charge in [-0.3, -0.25) is 9.48 Å². The monoisotopic (exact) mass is 299 g/mol. The molecule has 1 atom stereocenters. The smallest absolute Gasteiger partial charge is 0.225 e. The van der Waals surface area contributed by atoms with Crippen LogP contribution in [0.15, 0.2) is 42.7 Å². The highest BCUT2D eigenvalue weighted by Gasteiger charge is 2.14. The topological polar surface area (TPSA) is 46.9 Å². The maximum absolute atomic E-state index is 12.3. The SMILES string of the molecule is CCCCCC(NC(=O)Cc1cnn(C)c1)c1ccccc1. The van der Waals surface area contributed by atoms with Crippen molar-refractivity contribution in [1.29, 1.82) is 0 Å². The van der Waals surface area contributed by atoms with Crippen LogP contribution in [-0.4, -0.2) is 15.7 Å². The van der Waals surface area contributed by atoms with Crippen molar-refractivity contribution in [2.75, 3.05) is 0 Å². The van der Waals surface area contributed by atoms with Crippen LogP contribution in [0.1, 0.15) is 49.8 Å². The van der Waals surface area contributed by atoms with Crippen molar-refractivity contribution in [3.05, 3.63) is 53.9 Å². The lowest BCUT2D eigenvalue weighted by atomic mass is 10.00. The van der Waals surface area contributed by atoms with Gasteiger partial charge in [-0.1, -0.05) is 56.5 Å². The Morgan fingerprint density at radius 1 is 1.27 bits per heavy atom. The van der Waals surface area contributed by atoms with Crippen molar-refractivity contribution in [1.82, 2.24) is 15.1 Å². The van der Waals surface area contributed by atoms with Gasteiger partial charge in [0.05, 0.1) is 18.7 Å². The summed E-state index contributed by atoms with van der Waals surface area (Å²) in [4.78, 5) is 12.3. The van der Waals surface area contributed by atoms with Gasteiger partial charge >= 0.3 is 0 Å². The zero-order valence-corrected chi connectivity index (χ0v) is 13.5. The van der Waals surface area contributed by atoms with Gasteiger partial charge in [0.15, 0.2) is 0 Å². The molecule has 0 fully saturated rings. The van der Waals surface area contributed by atoms with E-state index in [1.54, 1.807) is 10.9 Å². The predicted molar refractivity (Wildman–Crippen MR) is 88.4 cm³/mol. The van der Waals surface area contributed by atoms with Crippen LogP contribution in [0.2, 0.25) is 0 Å².